The highest BCUT2D eigenvalue weighted by Crippen LogP contribution is 2.41. The fourth-order valence-corrected chi connectivity index (χ4v) is 6.37. The molecule has 0 radical (unpaired) electrons. The first-order valence-electron chi connectivity index (χ1n) is 12.4. The summed E-state index contributed by atoms with van der Waals surface area (Å²) in [6, 6.07) is 9.43. The second-order valence-electron chi connectivity index (χ2n) is 10.0. The van der Waals surface area contributed by atoms with Crippen LogP contribution in [0.25, 0.3) is 11.1 Å². The van der Waals surface area contributed by atoms with Gasteiger partial charge in [-0.3, -0.25) is 0 Å². The summed E-state index contributed by atoms with van der Waals surface area (Å²) in [5.41, 5.74) is 1.49. The molecule has 4 rings (SSSR count). The highest BCUT2D eigenvalue weighted by atomic mass is 35.6. The third-order valence-corrected chi connectivity index (χ3v) is 8.89. The van der Waals surface area contributed by atoms with Crippen molar-refractivity contribution in [3.05, 3.63) is 53.3 Å². The predicted octanol–water partition coefficient (Wildman–Crippen LogP) is 7.03. The number of sulfone groups is 1. The van der Waals surface area contributed by atoms with Crippen LogP contribution in [0.15, 0.2) is 36.4 Å². The number of carbonyl (C=O) groups is 1. The van der Waals surface area contributed by atoms with Crippen molar-refractivity contribution in [2.75, 3.05) is 25.4 Å². The van der Waals surface area contributed by atoms with E-state index in [0.717, 1.165) is 5.56 Å². The maximum Gasteiger partial charge on any atom is 0.409 e. The van der Waals surface area contributed by atoms with Crippen LogP contribution in [0.1, 0.15) is 36.8 Å². The minimum absolute atomic E-state index is 0.184. The van der Waals surface area contributed by atoms with Gasteiger partial charge in [0, 0.05) is 31.5 Å². The molecule has 0 unspecified atom stereocenters. The number of benzene rings is 2. The molecule has 2 heterocycles. The molecule has 0 aromatic heterocycles. The van der Waals surface area contributed by atoms with Crippen LogP contribution >= 0.6 is 34.8 Å². The molecule has 2 aliphatic heterocycles. The van der Waals surface area contributed by atoms with E-state index < -0.39 is 55.2 Å². The Kier molecular flexibility index (Phi) is 9.10. The Morgan fingerprint density at radius 1 is 1.02 bits per heavy atom. The average molecular weight is 647 g/mol. The molecule has 1 saturated heterocycles. The number of fused-ring (bicyclic) bond motifs is 1. The van der Waals surface area contributed by atoms with Crippen molar-refractivity contribution in [2.24, 2.45) is 0 Å². The van der Waals surface area contributed by atoms with Gasteiger partial charge in [0.05, 0.1) is 17.9 Å². The maximum atomic E-state index is 14.7. The zero-order valence-electron chi connectivity index (χ0n) is 21.1. The van der Waals surface area contributed by atoms with Gasteiger partial charge in [-0.05, 0) is 47.7 Å². The number of piperidine rings is 1. The van der Waals surface area contributed by atoms with Gasteiger partial charge in [0.25, 0.3) is 0 Å². The number of halogens is 7. The third kappa shape index (κ3) is 8.30. The quantitative estimate of drug-likeness (QED) is 0.249. The van der Waals surface area contributed by atoms with Gasteiger partial charge >= 0.3 is 12.3 Å². The van der Waals surface area contributed by atoms with Gasteiger partial charge < -0.3 is 14.4 Å². The molecular formula is C26H26Cl3F4NO5S. The van der Waals surface area contributed by atoms with Gasteiger partial charge in [-0.15, -0.1) is 0 Å². The molecule has 0 aliphatic carbocycles. The first kappa shape index (κ1) is 31.0. The number of ether oxygens (including phenoxy) is 2. The van der Waals surface area contributed by atoms with E-state index in [1.54, 1.807) is 23.1 Å². The Balaban J connectivity index is 1.38. The molecule has 2 aliphatic rings. The van der Waals surface area contributed by atoms with Crippen molar-refractivity contribution >= 4 is 50.7 Å². The molecule has 2 aromatic rings. The summed E-state index contributed by atoms with van der Waals surface area (Å²) in [6.07, 6.45) is -4.05. The average Bonchev–Trinajstić information content (AvgIpc) is 2.87. The van der Waals surface area contributed by atoms with Crippen molar-refractivity contribution in [3.8, 4) is 16.9 Å². The minimum Gasteiger partial charge on any atom is -0.487 e. The van der Waals surface area contributed by atoms with Gasteiger partial charge in [-0.25, -0.2) is 17.6 Å². The van der Waals surface area contributed by atoms with Crippen LogP contribution in [0, 0.1) is 5.82 Å². The van der Waals surface area contributed by atoms with E-state index in [1.165, 1.54) is 12.1 Å². The Bertz CT molecular complexity index is 1360. The van der Waals surface area contributed by atoms with Gasteiger partial charge in [0.15, 0.2) is 9.84 Å². The molecule has 1 fully saturated rings. The van der Waals surface area contributed by atoms with E-state index in [0.29, 0.717) is 55.6 Å². The van der Waals surface area contributed by atoms with E-state index in [2.05, 4.69) is 0 Å². The van der Waals surface area contributed by atoms with Gasteiger partial charge in [0.1, 0.15) is 23.8 Å². The Morgan fingerprint density at radius 2 is 1.68 bits per heavy atom. The van der Waals surface area contributed by atoms with E-state index >= 15 is 0 Å². The third-order valence-electron chi connectivity index (χ3n) is 6.99. The number of carbonyl (C=O) groups excluding carboxylic acids is 1. The molecule has 0 atom stereocenters. The number of hydrogen-bond acceptors (Lipinski definition) is 5. The lowest BCUT2D eigenvalue weighted by molar-refractivity contribution is -0.129. The van der Waals surface area contributed by atoms with Crippen LogP contribution in [0.4, 0.5) is 22.4 Å². The number of aryl methyl sites for hydroxylation is 1. The molecule has 6 nitrogen and oxygen atoms in total. The van der Waals surface area contributed by atoms with E-state index in [9.17, 15) is 30.8 Å². The first-order valence-corrected chi connectivity index (χ1v) is 15.4. The highest BCUT2D eigenvalue weighted by Gasteiger charge is 2.41. The SMILES string of the molecule is O=C(OCC(Cl)(Cl)Cl)N1CCC2(CCc3cc(-c4ccc(CS(=O)(=O)CCC(F)(F)F)c(F)c4)ccc3O2)CC1. The summed E-state index contributed by atoms with van der Waals surface area (Å²) < 4.78 is 85.7. The van der Waals surface area contributed by atoms with Gasteiger partial charge in [0.2, 0.25) is 3.79 Å². The smallest absolute Gasteiger partial charge is 0.409 e. The zero-order chi connectivity index (χ0) is 29.3. The molecule has 0 bridgehead atoms. The Labute approximate surface area is 244 Å². The molecule has 0 saturated carbocycles. The van der Waals surface area contributed by atoms with E-state index in [-0.39, 0.29) is 12.2 Å². The van der Waals surface area contributed by atoms with Crippen molar-refractivity contribution in [2.45, 2.75) is 53.4 Å². The summed E-state index contributed by atoms with van der Waals surface area (Å²) in [5, 5.41) is 0. The Hall–Kier alpha value is -1.95. The normalized spacial score (nSPS) is 17.3. The monoisotopic (exact) mass is 645 g/mol. The molecule has 1 amide bonds. The summed E-state index contributed by atoms with van der Waals surface area (Å²) in [5.74, 6) is -2.02. The molecule has 1 spiro atoms. The molecule has 40 heavy (non-hydrogen) atoms. The molecule has 14 heteroatoms. The van der Waals surface area contributed by atoms with Gasteiger partial charge in [-0.2, -0.15) is 13.2 Å². The number of likely N-dealkylation sites (tertiary alicyclic amines) is 1. The highest BCUT2D eigenvalue weighted by molar-refractivity contribution is 7.90. The largest absolute Gasteiger partial charge is 0.487 e. The summed E-state index contributed by atoms with van der Waals surface area (Å²) in [6.45, 7) is 0.491. The minimum atomic E-state index is -4.61. The summed E-state index contributed by atoms with van der Waals surface area (Å²) in [4.78, 5) is 13.8. The van der Waals surface area contributed by atoms with Crippen molar-refractivity contribution < 1.29 is 40.2 Å². The fourth-order valence-electron chi connectivity index (χ4n) is 4.81. The summed E-state index contributed by atoms with van der Waals surface area (Å²) >= 11 is 16.9. The van der Waals surface area contributed by atoms with Crippen molar-refractivity contribution in [1.29, 1.82) is 0 Å². The van der Waals surface area contributed by atoms with Crippen molar-refractivity contribution in [3.63, 3.8) is 0 Å². The topological polar surface area (TPSA) is 72.9 Å². The molecule has 2 aromatic carbocycles. The zero-order valence-corrected chi connectivity index (χ0v) is 24.2. The molecule has 220 valence electrons. The lowest BCUT2D eigenvalue weighted by Gasteiger charge is -2.44. The lowest BCUT2D eigenvalue weighted by Crippen LogP contribution is -2.51. The van der Waals surface area contributed by atoms with Gasteiger partial charge in [-0.1, -0.05) is 53.0 Å². The number of rotatable bonds is 6. The fraction of sp³-hybridized carbons (Fsp3) is 0.500. The summed E-state index contributed by atoms with van der Waals surface area (Å²) in [7, 11) is -4.13. The number of nitrogens with zero attached hydrogens (tertiary/aromatic N) is 1. The van der Waals surface area contributed by atoms with Crippen LogP contribution < -0.4 is 4.74 Å². The standard InChI is InChI=1S/C26H26Cl3F4NO5S/c27-25(28,29)16-38-23(35)34-10-7-24(8-11-34)6-5-19-13-17(3-4-22(19)39-24)18-1-2-20(21(30)14-18)15-40(36,37)12-9-26(31,32)33/h1-4,13-14H,5-12,15-16H2. The predicted molar refractivity (Wildman–Crippen MR) is 144 cm³/mol. The maximum absolute atomic E-state index is 14.7. The van der Waals surface area contributed by atoms with E-state index in [4.69, 9.17) is 44.3 Å². The van der Waals surface area contributed by atoms with Crippen LogP contribution in [-0.4, -0.2) is 60.4 Å². The first-order chi connectivity index (χ1) is 18.5. The second kappa shape index (κ2) is 11.7. The van der Waals surface area contributed by atoms with Crippen LogP contribution in [0.5, 0.6) is 5.75 Å². The van der Waals surface area contributed by atoms with Crippen LogP contribution in [-0.2, 0) is 26.7 Å². The number of amides is 1. The van der Waals surface area contributed by atoms with Crippen LogP contribution in [0.2, 0.25) is 0 Å². The lowest BCUT2D eigenvalue weighted by atomic mass is 9.82. The number of hydrogen-bond donors (Lipinski definition) is 0. The molecular weight excluding hydrogens is 621 g/mol. The van der Waals surface area contributed by atoms with E-state index in [1.807, 2.05) is 6.07 Å². The van der Waals surface area contributed by atoms with Crippen LogP contribution in [0.3, 0.4) is 0 Å². The molecule has 0 N–H and O–H groups in total. The van der Waals surface area contributed by atoms with Crippen molar-refractivity contribution in [1.82, 2.24) is 4.90 Å². The second-order valence-corrected chi connectivity index (χ2v) is 14.7. The Morgan fingerprint density at radius 3 is 2.30 bits per heavy atom. The number of alkyl halides is 6.